The molecular weight excluding hydrogens is 404 g/mol. The van der Waals surface area contributed by atoms with Crippen molar-refractivity contribution in [2.45, 2.75) is 26.7 Å². The van der Waals surface area contributed by atoms with E-state index in [1.807, 2.05) is 55.5 Å². The van der Waals surface area contributed by atoms with Gasteiger partial charge in [-0.2, -0.15) is 9.78 Å². The second kappa shape index (κ2) is 9.47. The summed E-state index contributed by atoms with van der Waals surface area (Å²) < 4.78 is 6.95. The number of amides is 1. The van der Waals surface area contributed by atoms with Gasteiger partial charge in [0.15, 0.2) is 5.65 Å². The van der Waals surface area contributed by atoms with Crippen LogP contribution in [0, 0.1) is 0 Å². The maximum atomic E-state index is 12.9. The average molecular weight is 431 g/mol. The molecule has 8 heteroatoms. The fourth-order valence-corrected chi connectivity index (χ4v) is 3.40. The van der Waals surface area contributed by atoms with Crippen molar-refractivity contribution in [2.75, 3.05) is 18.9 Å². The summed E-state index contributed by atoms with van der Waals surface area (Å²) in [5.74, 6) is 0.714. The zero-order valence-electron chi connectivity index (χ0n) is 18.2. The van der Waals surface area contributed by atoms with E-state index in [-0.39, 0.29) is 17.3 Å². The number of nitrogen functional groups attached to an aromatic ring is 1. The van der Waals surface area contributed by atoms with E-state index in [9.17, 15) is 4.79 Å². The number of nitrogens with one attached hydrogen (secondary N) is 1. The number of benzene rings is 2. The maximum absolute atomic E-state index is 12.9. The lowest BCUT2D eigenvalue weighted by atomic mass is 10.2. The highest BCUT2D eigenvalue weighted by Crippen LogP contribution is 2.27. The standard InChI is InChI=1S/C24H26N6O2/c1-3-5-14-26-24(31)20-21-23(29-19-9-7-6-8-18(19)28-21)30(22(20)25)27-15-16-10-12-17(13-11-16)32-4-2/h6-13,15H,3-5,14,25H2,1-2H3,(H,26,31)/b27-15+. The molecule has 0 spiro atoms. The molecule has 164 valence electrons. The highest BCUT2D eigenvalue weighted by atomic mass is 16.5. The van der Waals surface area contributed by atoms with Gasteiger partial charge >= 0.3 is 0 Å². The minimum absolute atomic E-state index is 0.200. The summed E-state index contributed by atoms with van der Waals surface area (Å²) in [5.41, 5.74) is 9.80. The van der Waals surface area contributed by atoms with Gasteiger partial charge in [-0.05, 0) is 55.3 Å². The predicted molar refractivity (Wildman–Crippen MR) is 127 cm³/mol. The third-order valence-electron chi connectivity index (χ3n) is 5.03. The molecular formula is C24H26N6O2. The Bertz CT molecular complexity index is 1280. The number of ether oxygens (including phenoxy) is 1. The van der Waals surface area contributed by atoms with Crippen LogP contribution in [-0.2, 0) is 0 Å². The van der Waals surface area contributed by atoms with Gasteiger partial charge in [0.05, 0.1) is 23.9 Å². The van der Waals surface area contributed by atoms with E-state index < -0.39 is 0 Å². The molecule has 0 fully saturated rings. The first kappa shape index (κ1) is 21.3. The van der Waals surface area contributed by atoms with E-state index in [4.69, 9.17) is 15.5 Å². The highest BCUT2D eigenvalue weighted by molar-refractivity contribution is 6.10. The van der Waals surface area contributed by atoms with E-state index in [0.717, 1.165) is 24.2 Å². The molecule has 0 unspecified atom stereocenters. The number of unbranched alkanes of at least 4 members (excludes halogenated alkanes) is 1. The summed E-state index contributed by atoms with van der Waals surface area (Å²) >= 11 is 0. The Balaban J connectivity index is 1.79. The largest absolute Gasteiger partial charge is 0.494 e. The van der Waals surface area contributed by atoms with Gasteiger partial charge in [-0.15, -0.1) is 0 Å². The second-order valence-corrected chi connectivity index (χ2v) is 7.31. The Morgan fingerprint density at radius 3 is 2.53 bits per heavy atom. The number of nitrogens with zero attached hydrogens (tertiary/aromatic N) is 4. The molecule has 32 heavy (non-hydrogen) atoms. The Morgan fingerprint density at radius 1 is 1.12 bits per heavy atom. The van der Waals surface area contributed by atoms with Gasteiger partial charge in [-0.25, -0.2) is 9.97 Å². The quantitative estimate of drug-likeness (QED) is 0.325. The molecule has 3 N–H and O–H groups in total. The number of nitrogens with two attached hydrogens (primary N) is 1. The summed E-state index contributed by atoms with van der Waals surface area (Å²) in [5, 5.41) is 7.45. The summed E-state index contributed by atoms with van der Waals surface area (Å²) in [4.78, 5) is 22.3. The van der Waals surface area contributed by atoms with Gasteiger partial charge in [0, 0.05) is 6.54 Å². The van der Waals surface area contributed by atoms with Crippen LogP contribution < -0.4 is 15.8 Å². The van der Waals surface area contributed by atoms with Gasteiger partial charge in [0.1, 0.15) is 22.6 Å². The van der Waals surface area contributed by atoms with Gasteiger partial charge in [-0.3, -0.25) is 4.79 Å². The summed E-state index contributed by atoms with van der Waals surface area (Å²) in [6.07, 6.45) is 3.53. The number of fused-ring (bicyclic) bond motifs is 2. The normalized spacial score (nSPS) is 11.4. The fourth-order valence-electron chi connectivity index (χ4n) is 3.40. The van der Waals surface area contributed by atoms with Crippen LogP contribution in [0.5, 0.6) is 5.75 Å². The van der Waals surface area contributed by atoms with Crippen LogP contribution in [0.15, 0.2) is 53.6 Å². The molecule has 0 aliphatic carbocycles. The molecule has 8 nitrogen and oxygen atoms in total. The number of hydrogen-bond donors (Lipinski definition) is 2. The topological polar surface area (TPSA) is 107 Å². The number of carbonyl (C=O) groups excluding carboxylic acids is 1. The lowest BCUT2D eigenvalue weighted by molar-refractivity contribution is 0.0955. The first-order valence-electron chi connectivity index (χ1n) is 10.7. The molecule has 0 saturated carbocycles. The van der Waals surface area contributed by atoms with Crippen LogP contribution >= 0.6 is 0 Å². The average Bonchev–Trinajstić information content (AvgIpc) is 3.07. The Labute approximate surface area is 186 Å². The van der Waals surface area contributed by atoms with Crippen molar-refractivity contribution < 1.29 is 9.53 Å². The predicted octanol–water partition coefficient (Wildman–Crippen LogP) is 3.98. The molecule has 0 saturated heterocycles. The van der Waals surface area contributed by atoms with Crippen LogP contribution in [0.3, 0.4) is 0 Å². The summed E-state index contributed by atoms with van der Waals surface area (Å²) in [7, 11) is 0. The number of rotatable bonds is 8. The van der Waals surface area contributed by atoms with Crippen LogP contribution in [0.4, 0.5) is 5.82 Å². The molecule has 4 aromatic rings. The van der Waals surface area contributed by atoms with Crippen LogP contribution in [0.2, 0.25) is 0 Å². The first-order chi connectivity index (χ1) is 15.6. The van der Waals surface area contributed by atoms with Crippen LogP contribution in [-0.4, -0.2) is 39.9 Å². The molecule has 2 aromatic carbocycles. The minimum Gasteiger partial charge on any atom is -0.494 e. The molecule has 0 bridgehead atoms. The summed E-state index contributed by atoms with van der Waals surface area (Å²) in [6, 6.07) is 15.1. The van der Waals surface area contributed by atoms with E-state index in [1.165, 1.54) is 4.68 Å². The lowest BCUT2D eigenvalue weighted by Crippen LogP contribution is -2.25. The number of aromatic nitrogens is 3. The molecule has 0 atom stereocenters. The van der Waals surface area contributed by atoms with E-state index in [1.54, 1.807) is 6.21 Å². The van der Waals surface area contributed by atoms with Crippen LogP contribution in [0.25, 0.3) is 22.2 Å². The SMILES string of the molecule is CCCCNC(=O)c1c(N)n(/N=C/c2ccc(OCC)cc2)c2nc3ccccc3nc12. The molecule has 2 aromatic heterocycles. The molecule has 0 radical (unpaired) electrons. The molecule has 0 aliphatic rings. The number of anilines is 1. The van der Waals surface area contributed by atoms with Crippen molar-refractivity contribution in [2.24, 2.45) is 5.10 Å². The second-order valence-electron chi connectivity index (χ2n) is 7.31. The van der Waals surface area contributed by atoms with E-state index >= 15 is 0 Å². The first-order valence-corrected chi connectivity index (χ1v) is 10.7. The number of para-hydroxylation sites is 2. The number of carbonyl (C=O) groups is 1. The Kier molecular flexibility index (Phi) is 6.30. The molecule has 0 aliphatic heterocycles. The van der Waals surface area contributed by atoms with Crippen molar-refractivity contribution in [1.82, 2.24) is 20.0 Å². The molecule has 2 heterocycles. The van der Waals surface area contributed by atoms with Crippen molar-refractivity contribution in [1.29, 1.82) is 0 Å². The van der Waals surface area contributed by atoms with Crippen molar-refractivity contribution in [3.05, 3.63) is 59.7 Å². The minimum atomic E-state index is -0.277. The van der Waals surface area contributed by atoms with Crippen molar-refractivity contribution in [3.63, 3.8) is 0 Å². The van der Waals surface area contributed by atoms with Gasteiger partial charge in [-0.1, -0.05) is 25.5 Å². The Hall–Kier alpha value is -3.94. The fraction of sp³-hybridized carbons (Fsp3) is 0.250. The zero-order chi connectivity index (χ0) is 22.5. The highest BCUT2D eigenvalue weighted by Gasteiger charge is 2.23. The van der Waals surface area contributed by atoms with Gasteiger partial charge < -0.3 is 15.8 Å². The lowest BCUT2D eigenvalue weighted by Gasteiger charge is -2.04. The number of hydrogen-bond acceptors (Lipinski definition) is 6. The maximum Gasteiger partial charge on any atom is 0.257 e. The van der Waals surface area contributed by atoms with Gasteiger partial charge in [0.2, 0.25) is 0 Å². The third-order valence-corrected chi connectivity index (χ3v) is 5.03. The Morgan fingerprint density at radius 2 is 1.84 bits per heavy atom. The third kappa shape index (κ3) is 4.25. The van der Waals surface area contributed by atoms with Crippen molar-refractivity contribution in [3.8, 4) is 5.75 Å². The van der Waals surface area contributed by atoms with Crippen LogP contribution in [0.1, 0.15) is 42.6 Å². The summed E-state index contributed by atoms with van der Waals surface area (Å²) in [6.45, 7) is 5.18. The van der Waals surface area contributed by atoms with Crippen molar-refractivity contribution >= 4 is 40.1 Å². The van der Waals surface area contributed by atoms with Gasteiger partial charge in [0.25, 0.3) is 5.91 Å². The van der Waals surface area contributed by atoms with E-state index in [2.05, 4.69) is 22.3 Å². The van der Waals surface area contributed by atoms with E-state index in [0.29, 0.717) is 35.3 Å². The molecule has 1 amide bonds. The zero-order valence-corrected chi connectivity index (χ0v) is 18.2. The smallest absolute Gasteiger partial charge is 0.257 e. The molecule has 4 rings (SSSR count). The monoisotopic (exact) mass is 430 g/mol.